The molecule has 1 N–H and O–H groups in total. The summed E-state index contributed by atoms with van der Waals surface area (Å²) in [5.74, 6) is 0. The van der Waals surface area contributed by atoms with Crippen LogP contribution in [0.5, 0.6) is 0 Å². The van der Waals surface area contributed by atoms with Gasteiger partial charge in [0.05, 0.1) is 4.90 Å². The lowest BCUT2D eigenvalue weighted by Crippen LogP contribution is -2.26. The van der Waals surface area contributed by atoms with Crippen LogP contribution >= 0.6 is 0 Å². The van der Waals surface area contributed by atoms with E-state index in [1.165, 1.54) is 31.4 Å². The van der Waals surface area contributed by atoms with Gasteiger partial charge in [-0.2, -0.15) is 0 Å². The number of hydrogen-bond donors (Lipinski definition) is 1. The van der Waals surface area contributed by atoms with E-state index in [2.05, 4.69) is 40.8 Å². The average molecular weight is 387 g/mol. The third-order valence-corrected chi connectivity index (χ3v) is 6.73. The van der Waals surface area contributed by atoms with E-state index in [4.69, 9.17) is 0 Å². The van der Waals surface area contributed by atoms with Gasteiger partial charge in [-0.1, -0.05) is 44.0 Å². The highest BCUT2D eigenvalue weighted by atomic mass is 32.2. The molecule has 0 saturated carbocycles. The summed E-state index contributed by atoms with van der Waals surface area (Å²) in [7, 11) is -3.44. The summed E-state index contributed by atoms with van der Waals surface area (Å²) >= 11 is 0. The Kier molecular flexibility index (Phi) is 6.91. The zero-order valence-corrected chi connectivity index (χ0v) is 17.0. The number of sulfonamides is 1. The van der Waals surface area contributed by atoms with E-state index in [1.54, 1.807) is 12.1 Å². The predicted molar refractivity (Wildman–Crippen MR) is 112 cm³/mol. The Hall–Kier alpha value is -1.85. The summed E-state index contributed by atoms with van der Waals surface area (Å²) in [6.45, 7) is 4.73. The molecule has 27 heavy (non-hydrogen) atoms. The maximum atomic E-state index is 12.4. The van der Waals surface area contributed by atoms with Gasteiger partial charge in [-0.3, -0.25) is 0 Å². The van der Waals surface area contributed by atoms with Gasteiger partial charge in [0.25, 0.3) is 0 Å². The highest BCUT2D eigenvalue weighted by molar-refractivity contribution is 7.89. The number of benzene rings is 2. The maximum Gasteiger partial charge on any atom is 0.240 e. The first-order valence-corrected chi connectivity index (χ1v) is 11.5. The van der Waals surface area contributed by atoms with Crippen LogP contribution in [0.1, 0.15) is 43.7 Å². The smallest absolute Gasteiger partial charge is 0.240 e. The van der Waals surface area contributed by atoms with Crippen LogP contribution < -0.4 is 9.62 Å². The Morgan fingerprint density at radius 3 is 2.04 bits per heavy atom. The lowest BCUT2D eigenvalue weighted by molar-refractivity contribution is 0.581. The Morgan fingerprint density at radius 2 is 1.44 bits per heavy atom. The maximum absolute atomic E-state index is 12.4. The molecule has 1 fully saturated rings. The summed E-state index contributed by atoms with van der Waals surface area (Å²) < 4.78 is 27.5. The number of aryl methyl sites for hydroxylation is 1. The second-order valence-corrected chi connectivity index (χ2v) is 8.98. The standard InChI is InChI=1S/C22H30N2O2S/c1-2-19-9-13-22(14-10-19)27(25,26)23-16-15-20-7-11-21(12-8-20)24-17-5-3-4-6-18-24/h7-14,23H,2-6,15-18H2,1H3. The minimum absolute atomic E-state index is 0.330. The van der Waals surface area contributed by atoms with E-state index in [0.29, 0.717) is 17.9 Å². The van der Waals surface area contributed by atoms with E-state index < -0.39 is 10.0 Å². The lowest BCUT2D eigenvalue weighted by Gasteiger charge is -2.22. The van der Waals surface area contributed by atoms with Crippen molar-refractivity contribution < 1.29 is 8.42 Å². The summed E-state index contributed by atoms with van der Waals surface area (Å²) in [4.78, 5) is 2.79. The summed E-state index contributed by atoms with van der Waals surface area (Å²) in [6.07, 6.45) is 6.78. The van der Waals surface area contributed by atoms with E-state index in [-0.39, 0.29) is 0 Å². The molecular weight excluding hydrogens is 356 g/mol. The fourth-order valence-corrected chi connectivity index (χ4v) is 4.55. The quantitative estimate of drug-likeness (QED) is 0.778. The van der Waals surface area contributed by atoms with Crippen molar-refractivity contribution >= 4 is 15.7 Å². The highest BCUT2D eigenvalue weighted by Gasteiger charge is 2.13. The second-order valence-electron chi connectivity index (χ2n) is 7.21. The van der Waals surface area contributed by atoms with Crippen molar-refractivity contribution in [1.82, 2.24) is 4.72 Å². The number of hydrogen-bond acceptors (Lipinski definition) is 3. The first-order chi connectivity index (χ1) is 13.1. The minimum atomic E-state index is -3.44. The van der Waals surface area contributed by atoms with Crippen LogP contribution in [-0.2, 0) is 22.9 Å². The Labute approximate surface area is 163 Å². The van der Waals surface area contributed by atoms with Crippen LogP contribution in [0.25, 0.3) is 0 Å². The molecule has 0 unspecified atom stereocenters. The molecule has 1 aliphatic rings. The van der Waals surface area contributed by atoms with E-state index in [9.17, 15) is 8.42 Å². The molecule has 0 amide bonds. The third-order valence-electron chi connectivity index (χ3n) is 5.26. The van der Waals surface area contributed by atoms with Crippen molar-refractivity contribution in [3.8, 4) is 0 Å². The van der Waals surface area contributed by atoms with Gasteiger partial charge in [-0.25, -0.2) is 13.1 Å². The monoisotopic (exact) mass is 386 g/mol. The largest absolute Gasteiger partial charge is 0.372 e. The molecule has 1 saturated heterocycles. The molecule has 0 radical (unpaired) electrons. The average Bonchev–Trinajstić information content (AvgIpc) is 2.98. The predicted octanol–water partition coefficient (Wildman–Crippen LogP) is 4.15. The van der Waals surface area contributed by atoms with Crippen molar-refractivity contribution in [2.75, 3.05) is 24.5 Å². The Morgan fingerprint density at radius 1 is 0.852 bits per heavy atom. The molecule has 0 spiro atoms. The summed E-state index contributed by atoms with van der Waals surface area (Å²) in [6, 6.07) is 15.7. The molecule has 1 aliphatic heterocycles. The van der Waals surface area contributed by atoms with Crippen LogP contribution in [0.15, 0.2) is 53.4 Å². The molecule has 3 rings (SSSR count). The van der Waals surface area contributed by atoms with Gasteiger partial charge in [-0.15, -0.1) is 0 Å². The molecule has 0 aliphatic carbocycles. The number of anilines is 1. The fraction of sp³-hybridized carbons (Fsp3) is 0.455. The zero-order valence-electron chi connectivity index (χ0n) is 16.2. The third kappa shape index (κ3) is 5.56. The number of rotatable bonds is 7. The van der Waals surface area contributed by atoms with Crippen molar-refractivity contribution in [2.45, 2.75) is 50.3 Å². The van der Waals surface area contributed by atoms with Crippen LogP contribution in [0.3, 0.4) is 0 Å². The molecule has 0 atom stereocenters. The van der Waals surface area contributed by atoms with Crippen molar-refractivity contribution in [3.63, 3.8) is 0 Å². The van der Waals surface area contributed by atoms with Gasteiger partial charge in [0.1, 0.15) is 0 Å². The highest BCUT2D eigenvalue weighted by Crippen LogP contribution is 2.20. The molecule has 146 valence electrons. The van der Waals surface area contributed by atoms with Crippen molar-refractivity contribution in [3.05, 3.63) is 59.7 Å². The fourth-order valence-electron chi connectivity index (χ4n) is 3.52. The van der Waals surface area contributed by atoms with Crippen LogP contribution in [0, 0.1) is 0 Å². The van der Waals surface area contributed by atoms with Gasteiger partial charge < -0.3 is 4.90 Å². The molecule has 0 aromatic heterocycles. The van der Waals surface area contributed by atoms with Gasteiger partial charge in [0.15, 0.2) is 0 Å². The second kappa shape index (κ2) is 9.38. The molecule has 2 aromatic carbocycles. The van der Waals surface area contributed by atoms with Crippen LogP contribution in [0.2, 0.25) is 0 Å². The van der Waals surface area contributed by atoms with Gasteiger partial charge in [0, 0.05) is 25.3 Å². The first kappa shape index (κ1) is 19.9. The summed E-state index contributed by atoms with van der Waals surface area (Å²) in [5, 5.41) is 0. The molecular formula is C22H30N2O2S. The Balaban J connectivity index is 1.53. The summed E-state index contributed by atoms with van der Waals surface area (Å²) in [5.41, 5.74) is 3.56. The topological polar surface area (TPSA) is 49.4 Å². The molecule has 4 nitrogen and oxygen atoms in total. The van der Waals surface area contributed by atoms with Crippen LogP contribution in [-0.4, -0.2) is 28.1 Å². The normalized spacial score (nSPS) is 15.5. The molecule has 2 aromatic rings. The SMILES string of the molecule is CCc1ccc(S(=O)(=O)NCCc2ccc(N3CCCCCC3)cc2)cc1. The molecule has 0 bridgehead atoms. The van der Waals surface area contributed by atoms with Crippen molar-refractivity contribution in [1.29, 1.82) is 0 Å². The minimum Gasteiger partial charge on any atom is -0.372 e. The van der Waals surface area contributed by atoms with E-state index in [0.717, 1.165) is 30.6 Å². The zero-order chi connectivity index (χ0) is 19.1. The molecule has 1 heterocycles. The Bertz CT molecular complexity index is 806. The van der Waals surface area contributed by atoms with Crippen LogP contribution in [0.4, 0.5) is 5.69 Å². The van der Waals surface area contributed by atoms with Gasteiger partial charge in [0.2, 0.25) is 10.0 Å². The number of nitrogens with one attached hydrogen (secondary N) is 1. The van der Waals surface area contributed by atoms with Gasteiger partial charge >= 0.3 is 0 Å². The first-order valence-electron chi connectivity index (χ1n) is 10.0. The molecule has 5 heteroatoms. The van der Waals surface area contributed by atoms with Crippen molar-refractivity contribution in [2.24, 2.45) is 0 Å². The van der Waals surface area contributed by atoms with Gasteiger partial charge in [-0.05, 0) is 61.1 Å². The van der Waals surface area contributed by atoms with E-state index >= 15 is 0 Å². The van der Waals surface area contributed by atoms with E-state index in [1.807, 2.05) is 12.1 Å². The lowest BCUT2D eigenvalue weighted by atomic mass is 10.1. The number of nitrogens with zero attached hydrogens (tertiary/aromatic N) is 1.